The first-order valence-corrected chi connectivity index (χ1v) is 11.1. The number of hydrogen-bond donors (Lipinski definition) is 0. The minimum absolute atomic E-state index is 0.0337. The van der Waals surface area contributed by atoms with Gasteiger partial charge in [0.25, 0.3) is 10.0 Å². The molecule has 28 heavy (non-hydrogen) atoms. The molecule has 0 aliphatic heterocycles. The van der Waals surface area contributed by atoms with Gasteiger partial charge in [0.15, 0.2) is 0 Å². The van der Waals surface area contributed by atoms with Crippen molar-refractivity contribution in [1.29, 1.82) is 0 Å². The van der Waals surface area contributed by atoms with E-state index in [0.717, 1.165) is 21.2 Å². The highest BCUT2D eigenvalue weighted by molar-refractivity contribution is 7.93. The van der Waals surface area contributed by atoms with Gasteiger partial charge in [0.2, 0.25) is 5.91 Å². The lowest BCUT2D eigenvalue weighted by Gasteiger charge is -2.24. The lowest BCUT2D eigenvalue weighted by molar-refractivity contribution is -0.120. The van der Waals surface area contributed by atoms with Crippen molar-refractivity contribution >= 4 is 43.2 Å². The van der Waals surface area contributed by atoms with E-state index in [-0.39, 0.29) is 16.5 Å². The van der Waals surface area contributed by atoms with Gasteiger partial charge >= 0.3 is 4.94 Å². The number of fused-ring (bicyclic) bond motifs is 1. The molecule has 0 saturated heterocycles. The molecule has 0 radical (unpaired) electrons. The third kappa shape index (κ3) is 3.74. The largest absolute Gasteiger partial charge is 0.414 e. The summed E-state index contributed by atoms with van der Waals surface area (Å²) in [5, 5.41) is 0. The second-order valence-corrected chi connectivity index (χ2v) is 9.84. The van der Waals surface area contributed by atoms with Crippen molar-refractivity contribution in [2.75, 3.05) is 4.31 Å². The van der Waals surface area contributed by atoms with Crippen molar-refractivity contribution < 1.29 is 17.6 Å². The maximum atomic E-state index is 13.3. The standard InChI is InChI=1S/C20H21NO5S2/c1-12(2)14-5-8-16(9-6-14)28(24,25)21(19(22)13(3)4)15-7-10-17-18(11-15)27-20(23)26-17/h5-13H,1-4H3. The molecule has 0 unspecified atom stereocenters. The molecule has 1 heterocycles. The number of carbonyl (C=O) groups excluding carboxylic acids is 1. The predicted molar refractivity (Wildman–Crippen MR) is 110 cm³/mol. The Morgan fingerprint density at radius 3 is 2.25 bits per heavy atom. The van der Waals surface area contributed by atoms with E-state index in [1.165, 1.54) is 30.3 Å². The van der Waals surface area contributed by atoms with Crippen molar-refractivity contribution in [2.45, 2.75) is 38.5 Å². The van der Waals surface area contributed by atoms with Crippen molar-refractivity contribution in [2.24, 2.45) is 5.92 Å². The van der Waals surface area contributed by atoms with Crippen molar-refractivity contribution in [1.82, 2.24) is 0 Å². The van der Waals surface area contributed by atoms with Crippen LogP contribution >= 0.6 is 11.3 Å². The van der Waals surface area contributed by atoms with Crippen LogP contribution in [0, 0.1) is 5.92 Å². The van der Waals surface area contributed by atoms with E-state index >= 15 is 0 Å². The van der Waals surface area contributed by atoms with E-state index in [1.807, 2.05) is 13.8 Å². The molecule has 0 saturated carbocycles. The van der Waals surface area contributed by atoms with Crippen LogP contribution in [0.25, 0.3) is 10.3 Å². The molecule has 0 aliphatic carbocycles. The Labute approximate surface area is 167 Å². The summed E-state index contributed by atoms with van der Waals surface area (Å²) >= 11 is 0.860. The van der Waals surface area contributed by atoms with Crippen LogP contribution < -0.4 is 9.24 Å². The number of hydrogen-bond acceptors (Lipinski definition) is 6. The molecule has 148 valence electrons. The monoisotopic (exact) mass is 419 g/mol. The van der Waals surface area contributed by atoms with E-state index in [0.29, 0.717) is 10.3 Å². The second kappa shape index (κ2) is 7.52. The van der Waals surface area contributed by atoms with Gasteiger partial charge < -0.3 is 4.42 Å². The van der Waals surface area contributed by atoms with Crippen LogP contribution in [-0.4, -0.2) is 14.3 Å². The number of rotatable bonds is 5. The minimum atomic E-state index is -4.12. The fourth-order valence-electron chi connectivity index (χ4n) is 2.74. The zero-order valence-electron chi connectivity index (χ0n) is 16.0. The van der Waals surface area contributed by atoms with Crippen molar-refractivity contribution in [3.05, 3.63) is 57.8 Å². The lowest BCUT2D eigenvalue weighted by Crippen LogP contribution is -2.39. The molecule has 6 nitrogen and oxygen atoms in total. The number of carbonyl (C=O) groups is 1. The van der Waals surface area contributed by atoms with Crippen LogP contribution in [0.5, 0.6) is 0 Å². The molecule has 1 aromatic heterocycles. The topological polar surface area (TPSA) is 84.7 Å². The second-order valence-electron chi connectivity index (χ2n) is 7.07. The van der Waals surface area contributed by atoms with Gasteiger partial charge in [-0.1, -0.05) is 51.2 Å². The average Bonchev–Trinajstić information content (AvgIpc) is 3.01. The number of benzene rings is 2. The van der Waals surface area contributed by atoms with E-state index in [1.54, 1.807) is 26.0 Å². The highest BCUT2D eigenvalue weighted by Crippen LogP contribution is 2.30. The molecular formula is C20H21NO5S2. The minimum Gasteiger partial charge on any atom is -0.414 e. The Bertz CT molecular complexity index is 1170. The van der Waals surface area contributed by atoms with Crippen LogP contribution in [0.4, 0.5) is 5.69 Å². The number of anilines is 1. The van der Waals surface area contributed by atoms with Crippen LogP contribution in [-0.2, 0) is 14.8 Å². The maximum Gasteiger partial charge on any atom is 0.396 e. The fourth-order valence-corrected chi connectivity index (χ4v) is 4.97. The molecule has 0 N–H and O–H groups in total. The summed E-state index contributed by atoms with van der Waals surface area (Å²) in [6, 6.07) is 11.0. The molecule has 0 fully saturated rings. The molecule has 3 rings (SSSR count). The molecule has 0 spiro atoms. The Kier molecular flexibility index (Phi) is 5.45. The normalized spacial score (nSPS) is 12.1. The molecule has 3 aromatic rings. The average molecular weight is 420 g/mol. The summed E-state index contributed by atoms with van der Waals surface area (Å²) in [7, 11) is -4.12. The Morgan fingerprint density at radius 1 is 1.04 bits per heavy atom. The molecule has 2 aromatic carbocycles. The van der Waals surface area contributed by atoms with Gasteiger partial charge in [-0.05, 0) is 41.8 Å². The zero-order chi connectivity index (χ0) is 20.6. The van der Waals surface area contributed by atoms with Gasteiger partial charge in [-0.25, -0.2) is 17.5 Å². The third-order valence-electron chi connectivity index (χ3n) is 4.33. The Balaban J connectivity index is 2.15. The van der Waals surface area contributed by atoms with E-state index < -0.39 is 26.8 Å². The van der Waals surface area contributed by atoms with E-state index in [9.17, 15) is 18.0 Å². The van der Waals surface area contributed by atoms with Gasteiger partial charge in [-0.2, -0.15) is 0 Å². The first-order chi connectivity index (χ1) is 13.1. The molecule has 0 aliphatic rings. The third-order valence-corrected chi connectivity index (χ3v) is 6.86. The van der Waals surface area contributed by atoms with Crippen LogP contribution in [0.2, 0.25) is 0 Å². The summed E-state index contributed by atoms with van der Waals surface area (Å²) < 4.78 is 33.0. The molecular weight excluding hydrogens is 398 g/mol. The molecule has 8 heteroatoms. The summed E-state index contributed by atoms with van der Waals surface area (Å²) in [6.07, 6.45) is 0. The van der Waals surface area contributed by atoms with Gasteiger partial charge in [-0.15, -0.1) is 0 Å². The number of nitrogens with zero attached hydrogens (tertiary/aromatic N) is 1. The first kappa shape index (κ1) is 20.3. The maximum absolute atomic E-state index is 13.3. The zero-order valence-corrected chi connectivity index (χ0v) is 17.6. The van der Waals surface area contributed by atoms with Crippen LogP contribution in [0.3, 0.4) is 0 Å². The van der Waals surface area contributed by atoms with Gasteiger partial charge in [-0.3, -0.25) is 4.79 Å². The van der Waals surface area contributed by atoms with Crippen molar-refractivity contribution in [3.63, 3.8) is 0 Å². The number of sulfonamides is 1. The number of amides is 1. The molecule has 0 atom stereocenters. The summed E-state index contributed by atoms with van der Waals surface area (Å²) in [4.78, 5) is 23.9. The molecule has 0 bridgehead atoms. The van der Waals surface area contributed by atoms with E-state index in [2.05, 4.69) is 0 Å². The van der Waals surface area contributed by atoms with Gasteiger partial charge in [0.1, 0.15) is 5.58 Å². The summed E-state index contributed by atoms with van der Waals surface area (Å²) in [5.41, 5.74) is 1.54. The summed E-state index contributed by atoms with van der Waals surface area (Å²) in [6.45, 7) is 7.32. The van der Waals surface area contributed by atoms with Crippen molar-refractivity contribution in [3.8, 4) is 0 Å². The molecule has 1 amide bonds. The lowest BCUT2D eigenvalue weighted by atomic mass is 10.0. The van der Waals surface area contributed by atoms with Gasteiger partial charge in [0, 0.05) is 5.92 Å². The van der Waals surface area contributed by atoms with E-state index in [4.69, 9.17) is 4.42 Å². The van der Waals surface area contributed by atoms with Gasteiger partial charge in [0.05, 0.1) is 15.3 Å². The van der Waals surface area contributed by atoms with Crippen LogP contribution in [0.15, 0.2) is 56.6 Å². The summed E-state index contributed by atoms with van der Waals surface area (Å²) in [5.74, 6) is -0.831. The quantitative estimate of drug-likeness (QED) is 0.614. The Morgan fingerprint density at radius 2 is 1.68 bits per heavy atom. The smallest absolute Gasteiger partial charge is 0.396 e. The highest BCUT2D eigenvalue weighted by atomic mass is 32.2. The Hall–Kier alpha value is -2.45. The van der Waals surface area contributed by atoms with Crippen LogP contribution in [0.1, 0.15) is 39.2 Å². The SMILES string of the molecule is CC(C)C(=O)N(c1ccc2oc(=O)sc2c1)S(=O)(=O)c1ccc(C(C)C)cc1. The highest BCUT2D eigenvalue weighted by Gasteiger charge is 2.32. The predicted octanol–water partition coefficient (Wildman–Crippen LogP) is 4.36. The fraction of sp³-hybridized carbons (Fsp3) is 0.300. The first-order valence-electron chi connectivity index (χ1n) is 8.84.